The normalized spacial score (nSPS) is 21.4. The molecule has 0 bridgehead atoms. The fourth-order valence-corrected chi connectivity index (χ4v) is 3.85. The van der Waals surface area contributed by atoms with E-state index in [0.29, 0.717) is 6.54 Å². The van der Waals surface area contributed by atoms with E-state index in [2.05, 4.69) is 57.0 Å². The maximum absolute atomic E-state index is 12.8. The van der Waals surface area contributed by atoms with Crippen LogP contribution in [0.15, 0.2) is 30.3 Å². The van der Waals surface area contributed by atoms with Gasteiger partial charge in [0.15, 0.2) is 0 Å². The van der Waals surface area contributed by atoms with Crippen molar-refractivity contribution in [2.45, 2.75) is 71.0 Å². The zero-order valence-electron chi connectivity index (χ0n) is 14.6. The van der Waals surface area contributed by atoms with Gasteiger partial charge >= 0.3 is 0 Å². The molecule has 1 N–H and O–H groups in total. The second kappa shape index (κ2) is 6.41. The Balaban J connectivity index is 2.02. The van der Waals surface area contributed by atoms with Gasteiger partial charge in [-0.3, -0.25) is 4.79 Å². The van der Waals surface area contributed by atoms with E-state index in [1.54, 1.807) is 0 Å². The van der Waals surface area contributed by atoms with Crippen LogP contribution in [0, 0.1) is 0 Å². The summed E-state index contributed by atoms with van der Waals surface area (Å²) in [6.07, 6.45) is 3.35. The lowest BCUT2D eigenvalue weighted by Crippen LogP contribution is -2.62. The molecular formula is C19H30N2O. The second-order valence-corrected chi connectivity index (χ2v) is 7.72. The molecule has 122 valence electrons. The van der Waals surface area contributed by atoms with E-state index in [9.17, 15) is 4.79 Å². The van der Waals surface area contributed by atoms with E-state index in [4.69, 9.17) is 0 Å². The maximum Gasteiger partial charge on any atom is 0.237 e. The summed E-state index contributed by atoms with van der Waals surface area (Å²) in [5.41, 5.74) is 1.10. The molecule has 1 aromatic carbocycles. The molecule has 0 spiro atoms. The van der Waals surface area contributed by atoms with Gasteiger partial charge in [-0.15, -0.1) is 0 Å². The molecule has 1 fully saturated rings. The van der Waals surface area contributed by atoms with Crippen LogP contribution < -0.4 is 5.32 Å². The van der Waals surface area contributed by atoms with E-state index >= 15 is 0 Å². The first kappa shape index (κ1) is 17.0. The Kier molecular flexibility index (Phi) is 4.96. The summed E-state index contributed by atoms with van der Waals surface area (Å²) in [4.78, 5) is 14.9. The number of hydrogen-bond acceptors (Lipinski definition) is 2. The molecule has 2 rings (SSSR count). The highest BCUT2D eigenvalue weighted by Gasteiger charge is 2.43. The highest BCUT2D eigenvalue weighted by molar-refractivity contribution is 5.80. The number of amides is 1. The molecule has 1 aromatic rings. The van der Waals surface area contributed by atoms with E-state index in [-0.39, 0.29) is 23.0 Å². The largest absolute Gasteiger partial charge is 0.331 e. The van der Waals surface area contributed by atoms with Crippen molar-refractivity contribution in [1.29, 1.82) is 0 Å². The van der Waals surface area contributed by atoms with Crippen molar-refractivity contribution in [1.82, 2.24) is 10.2 Å². The third-order valence-electron chi connectivity index (χ3n) is 4.90. The minimum Gasteiger partial charge on any atom is -0.331 e. The SMILES string of the molecule is CC(NCC(=O)N1C(C)(C)CCCC1(C)C)c1ccccc1. The van der Waals surface area contributed by atoms with E-state index in [1.807, 2.05) is 18.2 Å². The molecule has 0 radical (unpaired) electrons. The summed E-state index contributed by atoms with van der Waals surface area (Å²) >= 11 is 0. The molecule has 1 saturated heterocycles. The van der Waals surface area contributed by atoms with Crippen molar-refractivity contribution in [3.63, 3.8) is 0 Å². The van der Waals surface area contributed by atoms with Gasteiger partial charge in [-0.2, -0.15) is 0 Å². The number of benzene rings is 1. The molecule has 1 aliphatic heterocycles. The van der Waals surface area contributed by atoms with Crippen LogP contribution in [-0.4, -0.2) is 28.4 Å². The molecule has 3 heteroatoms. The number of rotatable bonds is 4. The van der Waals surface area contributed by atoms with E-state index in [1.165, 1.54) is 12.0 Å². The molecular weight excluding hydrogens is 272 g/mol. The lowest BCUT2D eigenvalue weighted by atomic mass is 9.79. The lowest BCUT2D eigenvalue weighted by Gasteiger charge is -2.53. The number of nitrogens with zero attached hydrogens (tertiary/aromatic N) is 1. The fraction of sp³-hybridized carbons (Fsp3) is 0.632. The molecule has 1 unspecified atom stereocenters. The number of piperidine rings is 1. The Morgan fingerprint density at radius 3 is 2.23 bits per heavy atom. The van der Waals surface area contributed by atoms with Gasteiger partial charge in [-0.25, -0.2) is 0 Å². The first-order valence-electron chi connectivity index (χ1n) is 8.35. The Morgan fingerprint density at radius 2 is 1.68 bits per heavy atom. The van der Waals surface area contributed by atoms with Crippen molar-refractivity contribution < 1.29 is 4.79 Å². The number of likely N-dealkylation sites (tertiary alicyclic amines) is 1. The molecule has 0 aliphatic carbocycles. The standard InChI is InChI=1S/C19H30N2O/c1-15(16-10-7-6-8-11-16)20-14-17(22)21-18(2,3)12-9-13-19(21,4)5/h6-8,10-11,15,20H,9,12-14H2,1-5H3. The van der Waals surface area contributed by atoms with Gasteiger partial charge in [0, 0.05) is 17.1 Å². The van der Waals surface area contributed by atoms with Gasteiger partial charge < -0.3 is 10.2 Å². The summed E-state index contributed by atoms with van der Waals surface area (Å²) in [6, 6.07) is 10.5. The number of nitrogens with one attached hydrogen (secondary N) is 1. The van der Waals surface area contributed by atoms with Crippen molar-refractivity contribution in [3.8, 4) is 0 Å². The lowest BCUT2D eigenvalue weighted by molar-refractivity contribution is -0.147. The minimum atomic E-state index is -0.0590. The number of carbonyl (C=O) groups is 1. The topological polar surface area (TPSA) is 32.3 Å². The van der Waals surface area contributed by atoms with Gasteiger partial charge in [0.1, 0.15) is 0 Å². The molecule has 22 heavy (non-hydrogen) atoms. The van der Waals surface area contributed by atoms with Crippen LogP contribution >= 0.6 is 0 Å². The second-order valence-electron chi connectivity index (χ2n) is 7.72. The van der Waals surface area contributed by atoms with Crippen LogP contribution in [0.5, 0.6) is 0 Å². The van der Waals surface area contributed by atoms with Crippen molar-refractivity contribution >= 4 is 5.91 Å². The number of hydrogen-bond donors (Lipinski definition) is 1. The van der Waals surface area contributed by atoms with Gasteiger partial charge in [-0.1, -0.05) is 30.3 Å². The molecule has 0 saturated carbocycles. The minimum absolute atomic E-state index is 0.0590. The van der Waals surface area contributed by atoms with Crippen molar-refractivity contribution in [2.75, 3.05) is 6.54 Å². The summed E-state index contributed by atoms with van der Waals surface area (Å²) in [7, 11) is 0. The van der Waals surface area contributed by atoms with Gasteiger partial charge in [-0.05, 0) is 59.4 Å². The first-order chi connectivity index (χ1) is 10.2. The summed E-state index contributed by atoms with van der Waals surface area (Å²) in [5, 5.41) is 3.38. The zero-order valence-corrected chi connectivity index (χ0v) is 14.6. The molecule has 1 heterocycles. The highest BCUT2D eigenvalue weighted by Crippen LogP contribution is 2.38. The average Bonchev–Trinajstić information content (AvgIpc) is 2.43. The molecule has 0 aromatic heterocycles. The monoisotopic (exact) mass is 302 g/mol. The summed E-state index contributed by atoms with van der Waals surface area (Å²) in [5.74, 6) is 0.206. The average molecular weight is 302 g/mol. The predicted molar refractivity (Wildman–Crippen MR) is 91.7 cm³/mol. The fourth-order valence-electron chi connectivity index (χ4n) is 3.85. The zero-order chi connectivity index (χ0) is 16.4. The maximum atomic E-state index is 12.8. The van der Waals surface area contributed by atoms with Crippen molar-refractivity contribution in [2.24, 2.45) is 0 Å². The quantitative estimate of drug-likeness (QED) is 0.914. The third-order valence-corrected chi connectivity index (χ3v) is 4.90. The van der Waals surface area contributed by atoms with Crippen LogP contribution in [0.1, 0.15) is 65.5 Å². The first-order valence-corrected chi connectivity index (χ1v) is 8.35. The van der Waals surface area contributed by atoms with Crippen molar-refractivity contribution in [3.05, 3.63) is 35.9 Å². The van der Waals surface area contributed by atoms with Gasteiger partial charge in [0.05, 0.1) is 6.54 Å². The van der Waals surface area contributed by atoms with E-state index in [0.717, 1.165) is 12.8 Å². The highest BCUT2D eigenvalue weighted by atomic mass is 16.2. The smallest absolute Gasteiger partial charge is 0.237 e. The summed E-state index contributed by atoms with van der Waals surface area (Å²) < 4.78 is 0. The van der Waals surface area contributed by atoms with Gasteiger partial charge in [0.2, 0.25) is 5.91 Å². The van der Waals surface area contributed by atoms with E-state index < -0.39 is 0 Å². The Bertz CT molecular complexity index is 491. The van der Waals surface area contributed by atoms with Crippen LogP contribution in [0.25, 0.3) is 0 Å². The number of carbonyl (C=O) groups excluding carboxylic acids is 1. The van der Waals surface area contributed by atoms with Crippen LogP contribution in [-0.2, 0) is 4.79 Å². The molecule has 1 amide bonds. The Hall–Kier alpha value is -1.35. The van der Waals surface area contributed by atoms with Crippen LogP contribution in [0.3, 0.4) is 0 Å². The molecule has 3 nitrogen and oxygen atoms in total. The molecule has 1 aliphatic rings. The third kappa shape index (κ3) is 3.70. The van der Waals surface area contributed by atoms with Gasteiger partial charge in [0.25, 0.3) is 0 Å². The Labute approximate surface area is 135 Å². The molecule has 1 atom stereocenters. The van der Waals surface area contributed by atoms with Crippen LogP contribution in [0.2, 0.25) is 0 Å². The predicted octanol–water partition coefficient (Wildman–Crippen LogP) is 3.91. The summed E-state index contributed by atoms with van der Waals surface area (Å²) in [6.45, 7) is 11.2. The van der Waals surface area contributed by atoms with Crippen LogP contribution in [0.4, 0.5) is 0 Å². The Morgan fingerprint density at radius 1 is 1.14 bits per heavy atom.